The number of amides is 1. The highest BCUT2D eigenvalue weighted by Crippen LogP contribution is 2.32. The van der Waals surface area contributed by atoms with E-state index >= 15 is 0 Å². The van der Waals surface area contributed by atoms with Gasteiger partial charge in [-0.3, -0.25) is 9.78 Å². The van der Waals surface area contributed by atoms with Crippen molar-refractivity contribution >= 4 is 28.1 Å². The van der Waals surface area contributed by atoms with Crippen LogP contribution in [0.5, 0.6) is 0 Å². The van der Waals surface area contributed by atoms with Crippen LogP contribution in [0.4, 0.5) is 5.69 Å². The first-order valence-corrected chi connectivity index (χ1v) is 11.5. The number of likely N-dealkylation sites (tertiary alicyclic amines) is 1. The molecule has 170 valence electrons. The monoisotopic (exact) mass is 451 g/mol. The first-order valence-electron chi connectivity index (χ1n) is 11.5. The molecule has 0 atom stereocenters. The van der Waals surface area contributed by atoms with Gasteiger partial charge in [0, 0.05) is 52.8 Å². The Morgan fingerprint density at radius 3 is 2.79 bits per heavy atom. The number of hydrogen-bond donors (Lipinski definition) is 2. The summed E-state index contributed by atoms with van der Waals surface area (Å²) >= 11 is 0. The molecule has 0 saturated carbocycles. The van der Waals surface area contributed by atoms with Gasteiger partial charge in [0.1, 0.15) is 5.65 Å². The maximum atomic E-state index is 12.8. The molecule has 1 aliphatic heterocycles. The number of nitrogens with one attached hydrogen (secondary N) is 2. The summed E-state index contributed by atoms with van der Waals surface area (Å²) in [7, 11) is 2.10. The van der Waals surface area contributed by atoms with E-state index in [2.05, 4.69) is 43.4 Å². The molecule has 1 fully saturated rings. The number of piperidine rings is 1. The summed E-state index contributed by atoms with van der Waals surface area (Å²) in [4.78, 5) is 27.1. The van der Waals surface area contributed by atoms with Crippen LogP contribution in [0.3, 0.4) is 0 Å². The molecule has 1 saturated heterocycles. The highest BCUT2D eigenvalue weighted by Gasteiger charge is 2.23. The zero-order valence-corrected chi connectivity index (χ0v) is 18.9. The number of fused-ring (bicyclic) bond motifs is 2. The summed E-state index contributed by atoms with van der Waals surface area (Å²) in [5.74, 6) is 0.126. The first-order chi connectivity index (χ1) is 16.7. The lowest BCUT2D eigenvalue weighted by molar-refractivity contribution is -0.121. The topological polar surface area (TPSA) is 91.2 Å². The van der Waals surface area contributed by atoms with Crippen LogP contribution < -0.4 is 5.32 Å². The first kappa shape index (κ1) is 20.6. The van der Waals surface area contributed by atoms with E-state index in [1.807, 2.05) is 53.6 Å². The van der Waals surface area contributed by atoms with Crippen LogP contribution in [0.2, 0.25) is 0 Å². The Morgan fingerprint density at radius 1 is 1.09 bits per heavy atom. The van der Waals surface area contributed by atoms with Crippen molar-refractivity contribution in [2.45, 2.75) is 12.8 Å². The Kier molecular flexibility index (Phi) is 5.07. The fraction of sp³-hybridized carbons (Fsp3) is 0.231. The molecule has 6 heterocycles. The number of carbonyl (C=O) groups is 1. The van der Waals surface area contributed by atoms with Crippen molar-refractivity contribution < 1.29 is 4.79 Å². The normalized spacial score (nSPS) is 15.2. The van der Waals surface area contributed by atoms with Crippen LogP contribution in [-0.2, 0) is 4.79 Å². The molecular weight excluding hydrogens is 426 g/mol. The largest absolute Gasteiger partial charge is 0.346 e. The molecule has 0 bridgehead atoms. The van der Waals surface area contributed by atoms with Gasteiger partial charge in [0.25, 0.3) is 0 Å². The summed E-state index contributed by atoms with van der Waals surface area (Å²) in [5.41, 5.74) is 6.63. The summed E-state index contributed by atoms with van der Waals surface area (Å²) in [5, 5.41) is 8.55. The molecule has 0 radical (unpaired) electrons. The molecule has 8 heteroatoms. The second kappa shape index (κ2) is 8.39. The van der Waals surface area contributed by atoms with E-state index in [9.17, 15) is 4.79 Å². The van der Waals surface area contributed by atoms with Gasteiger partial charge in [0.15, 0.2) is 0 Å². The van der Waals surface area contributed by atoms with E-state index in [-0.39, 0.29) is 11.8 Å². The second-order valence-electron chi connectivity index (χ2n) is 8.93. The Morgan fingerprint density at radius 2 is 1.97 bits per heavy atom. The van der Waals surface area contributed by atoms with Gasteiger partial charge in [0.2, 0.25) is 5.91 Å². The van der Waals surface area contributed by atoms with E-state index in [4.69, 9.17) is 0 Å². The molecule has 5 aromatic rings. The third-order valence-electron chi connectivity index (χ3n) is 6.69. The van der Waals surface area contributed by atoms with Gasteiger partial charge in [-0.1, -0.05) is 6.07 Å². The van der Waals surface area contributed by atoms with Crippen LogP contribution in [0, 0.1) is 5.92 Å². The third kappa shape index (κ3) is 3.72. The van der Waals surface area contributed by atoms with Gasteiger partial charge in [-0.15, -0.1) is 0 Å². The molecule has 0 unspecified atom stereocenters. The number of nitrogens with zero attached hydrogens (tertiary/aromatic N) is 5. The molecule has 8 nitrogen and oxygen atoms in total. The summed E-state index contributed by atoms with van der Waals surface area (Å²) < 4.78 is 1.87. The molecule has 34 heavy (non-hydrogen) atoms. The standard InChI is InChI=1S/C26H25N7O/c1-32-8-4-17(5-9-32)26(34)31-20-12-21-22(15-29-25(21)28-14-20)18-6-10-33-24(11-18)23(16-30-33)19-3-2-7-27-13-19/h2-3,6-7,10-17H,4-5,8-9H2,1H3,(H,28,29)(H,31,34). The maximum absolute atomic E-state index is 12.8. The van der Waals surface area contributed by atoms with E-state index in [1.165, 1.54) is 0 Å². The molecule has 0 aromatic carbocycles. The van der Waals surface area contributed by atoms with Crippen molar-refractivity contribution in [1.29, 1.82) is 0 Å². The Bertz CT molecular complexity index is 1480. The van der Waals surface area contributed by atoms with E-state index in [0.717, 1.165) is 70.4 Å². The maximum Gasteiger partial charge on any atom is 0.227 e. The quantitative estimate of drug-likeness (QED) is 0.427. The molecule has 1 aliphatic rings. The average Bonchev–Trinajstić information content (AvgIpc) is 3.48. The van der Waals surface area contributed by atoms with Gasteiger partial charge in [-0.25, -0.2) is 9.50 Å². The van der Waals surface area contributed by atoms with Crippen molar-refractivity contribution in [3.05, 3.63) is 67.5 Å². The lowest BCUT2D eigenvalue weighted by atomic mass is 9.96. The number of H-pyrrole nitrogens is 1. The zero-order valence-electron chi connectivity index (χ0n) is 18.9. The van der Waals surface area contributed by atoms with Crippen molar-refractivity contribution in [2.75, 3.05) is 25.5 Å². The summed E-state index contributed by atoms with van der Waals surface area (Å²) in [6.07, 6.45) is 12.9. The number of rotatable bonds is 4. The lowest BCUT2D eigenvalue weighted by Gasteiger charge is -2.28. The number of aromatic nitrogens is 5. The molecule has 5 aromatic heterocycles. The van der Waals surface area contributed by atoms with Gasteiger partial charge in [0.05, 0.1) is 23.6 Å². The molecular formula is C26H25N7O. The minimum atomic E-state index is 0.0489. The highest BCUT2D eigenvalue weighted by atomic mass is 16.1. The minimum Gasteiger partial charge on any atom is -0.346 e. The van der Waals surface area contributed by atoms with Crippen molar-refractivity contribution in [1.82, 2.24) is 29.5 Å². The van der Waals surface area contributed by atoms with Crippen LogP contribution in [0.15, 0.2) is 67.5 Å². The van der Waals surface area contributed by atoms with Gasteiger partial charge < -0.3 is 15.2 Å². The highest BCUT2D eigenvalue weighted by molar-refractivity contribution is 5.99. The van der Waals surface area contributed by atoms with Crippen molar-refractivity contribution in [2.24, 2.45) is 5.92 Å². The Labute approximate surface area is 196 Å². The third-order valence-corrected chi connectivity index (χ3v) is 6.69. The molecule has 2 N–H and O–H groups in total. The SMILES string of the molecule is CN1CCC(C(=O)Nc2cnc3[nH]cc(-c4ccn5ncc(-c6cccnc6)c5c4)c3c2)CC1. The number of carbonyl (C=O) groups excluding carboxylic acids is 1. The lowest BCUT2D eigenvalue weighted by Crippen LogP contribution is -2.35. The molecule has 6 rings (SSSR count). The van der Waals surface area contributed by atoms with Crippen molar-refractivity contribution in [3.8, 4) is 22.3 Å². The average molecular weight is 452 g/mol. The predicted octanol–water partition coefficient (Wildman–Crippen LogP) is 4.22. The fourth-order valence-electron chi connectivity index (χ4n) is 4.72. The van der Waals surface area contributed by atoms with Gasteiger partial charge >= 0.3 is 0 Å². The smallest absolute Gasteiger partial charge is 0.227 e. The van der Waals surface area contributed by atoms with E-state index < -0.39 is 0 Å². The van der Waals surface area contributed by atoms with Crippen LogP contribution in [0.1, 0.15) is 12.8 Å². The summed E-state index contributed by atoms with van der Waals surface area (Å²) in [6.45, 7) is 1.91. The number of aromatic amines is 1. The van der Waals surface area contributed by atoms with E-state index in [1.54, 1.807) is 12.4 Å². The summed E-state index contributed by atoms with van der Waals surface area (Å²) in [6, 6.07) is 10.1. The Hall–Kier alpha value is -4.04. The van der Waals surface area contributed by atoms with Crippen molar-refractivity contribution in [3.63, 3.8) is 0 Å². The number of anilines is 1. The molecule has 0 spiro atoms. The number of hydrogen-bond acceptors (Lipinski definition) is 5. The molecule has 1 amide bonds. The van der Waals surface area contributed by atoms with Crippen LogP contribution in [0.25, 0.3) is 38.8 Å². The van der Waals surface area contributed by atoms with Crippen LogP contribution >= 0.6 is 0 Å². The van der Waals surface area contributed by atoms with E-state index in [0.29, 0.717) is 0 Å². The molecule has 0 aliphatic carbocycles. The predicted molar refractivity (Wildman–Crippen MR) is 132 cm³/mol. The zero-order chi connectivity index (χ0) is 23.1. The van der Waals surface area contributed by atoms with Gasteiger partial charge in [-0.2, -0.15) is 5.10 Å². The van der Waals surface area contributed by atoms with Gasteiger partial charge in [-0.05, 0) is 62.8 Å². The second-order valence-corrected chi connectivity index (χ2v) is 8.93. The fourth-order valence-corrected chi connectivity index (χ4v) is 4.72. The van der Waals surface area contributed by atoms with Crippen LogP contribution in [-0.4, -0.2) is 55.5 Å². The number of pyridine rings is 3. The minimum absolute atomic E-state index is 0.0489. The Balaban J connectivity index is 1.33.